The summed E-state index contributed by atoms with van der Waals surface area (Å²) in [6.45, 7) is 0.432. The fourth-order valence-electron chi connectivity index (χ4n) is 2.14. The maximum Gasteiger partial charge on any atom is 0.331 e. The van der Waals surface area contributed by atoms with E-state index < -0.39 is 20.8 Å². The Labute approximate surface area is 75.8 Å². The molecule has 1 aliphatic carbocycles. The lowest BCUT2D eigenvalue weighted by Gasteiger charge is -2.22. The Morgan fingerprint density at radius 1 is 1.54 bits per heavy atom. The lowest BCUT2D eigenvalue weighted by atomic mass is 10.1. The van der Waals surface area contributed by atoms with E-state index in [0.717, 1.165) is 6.42 Å². The van der Waals surface area contributed by atoms with Gasteiger partial charge in [0.2, 0.25) is 0 Å². The van der Waals surface area contributed by atoms with Gasteiger partial charge in [0.05, 0.1) is 6.61 Å². The molecular formula is C7H10O5S. The summed E-state index contributed by atoms with van der Waals surface area (Å²) in [5.41, 5.74) is -1.22. The van der Waals surface area contributed by atoms with E-state index in [1.54, 1.807) is 0 Å². The van der Waals surface area contributed by atoms with Gasteiger partial charge in [0, 0.05) is 0 Å². The van der Waals surface area contributed by atoms with Crippen molar-refractivity contribution in [2.24, 2.45) is 5.92 Å². The number of carbonyl (C=O) groups excluding carboxylic acids is 1. The first-order chi connectivity index (χ1) is 5.94. The van der Waals surface area contributed by atoms with E-state index in [1.807, 2.05) is 0 Å². The highest BCUT2D eigenvalue weighted by Crippen LogP contribution is 2.45. The first-order valence-corrected chi connectivity index (χ1v) is 5.54. The van der Waals surface area contributed by atoms with Crippen LogP contribution in [0.2, 0.25) is 0 Å². The Kier molecular flexibility index (Phi) is 1.77. The first kappa shape index (κ1) is 9.11. The predicted molar refractivity (Wildman–Crippen MR) is 42.6 cm³/mol. The van der Waals surface area contributed by atoms with Gasteiger partial charge < -0.3 is 4.74 Å². The van der Waals surface area contributed by atoms with Crippen LogP contribution in [0.3, 0.4) is 0 Å². The van der Waals surface area contributed by atoms with Gasteiger partial charge in [-0.05, 0) is 25.2 Å². The number of ether oxygens (including phenoxy) is 1. The van der Waals surface area contributed by atoms with Crippen molar-refractivity contribution in [2.75, 3.05) is 6.61 Å². The number of carbonyl (C=O) groups is 1. The molecule has 0 aromatic rings. The highest BCUT2D eigenvalue weighted by Gasteiger charge is 2.55. The summed E-state index contributed by atoms with van der Waals surface area (Å²) in [6, 6.07) is 0. The molecule has 1 saturated heterocycles. The highest BCUT2D eigenvalue weighted by molar-refractivity contribution is 8.01. The Hall–Kier alpha value is -0.460. The fraction of sp³-hybridized carbons (Fsp3) is 0.857. The van der Waals surface area contributed by atoms with Crippen LogP contribution in [0.15, 0.2) is 0 Å². The molecule has 2 atom stereocenters. The molecule has 2 aliphatic rings. The molecule has 0 spiro atoms. The number of hydrogen-bond donors (Lipinski definition) is 1. The highest BCUT2D eigenvalue weighted by atomic mass is 32.2. The molecule has 1 heterocycles. The number of fused-ring (bicyclic) bond motifs is 2. The molecule has 0 radical (unpaired) electrons. The third kappa shape index (κ3) is 1.29. The second kappa shape index (κ2) is 2.52. The molecule has 2 bridgehead atoms. The zero-order valence-corrected chi connectivity index (χ0v) is 7.71. The summed E-state index contributed by atoms with van der Waals surface area (Å²) in [5, 5.41) is -1.17. The van der Waals surface area contributed by atoms with E-state index in [2.05, 4.69) is 0 Å². The van der Waals surface area contributed by atoms with Crippen molar-refractivity contribution < 1.29 is 22.5 Å². The van der Waals surface area contributed by atoms with Crippen LogP contribution >= 0.6 is 0 Å². The quantitative estimate of drug-likeness (QED) is 0.609. The van der Waals surface area contributed by atoms with Crippen LogP contribution in [-0.4, -0.2) is 30.3 Å². The topological polar surface area (TPSA) is 80.7 Å². The minimum absolute atomic E-state index is 0.283. The van der Waals surface area contributed by atoms with Gasteiger partial charge in [0.15, 0.2) is 0 Å². The van der Waals surface area contributed by atoms with Crippen molar-refractivity contribution in [3.63, 3.8) is 0 Å². The third-order valence-electron chi connectivity index (χ3n) is 2.78. The SMILES string of the molecule is O=C(C12CCC(CO1)C2)S(=O)(=O)O. The second-order valence-corrected chi connectivity index (χ2v) is 5.00. The summed E-state index contributed by atoms with van der Waals surface area (Å²) in [4.78, 5) is 11.3. The number of hydrogen-bond acceptors (Lipinski definition) is 4. The van der Waals surface area contributed by atoms with E-state index in [4.69, 9.17) is 9.29 Å². The zero-order chi connectivity index (χ0) is 9.69. The van der Waals surface area contributed by atoms with E-state index >= 15 is 0 Å². The molecule has 1 aliphatic heterocycles. The molecular weight excluding hydrogens is 196 g/mol. The third-order valence-corrected chi connectivity index (χ3v) is 3.62. The van der Waals surface area contributed by atoms with E-state index in [-0.39, 0.29) is 5.92 Å². The maximum atomic E-state index is 11.3. The van der Waals surface area contributed by atoms with E-state index in [9.17, 15) is 13.2 Å². The van der Waals surface area contributed by atoms with Crippen molar-refractivity contribution in [1.29, 1.82) is 0 Å². The molecule has 0 amide bonds. The minimum atomic E-state index is -4.59. The second-order valence-electron chi connectivity index (χ2n) is 3.68. The molecule has 0 aromatic heterocycles. The van der Waals surface area contributed by atoms with Gasteiger partial charge in [-0.2, -0.15) is 8.42 Å². The molecule has 13 heavy (non-hydrogen) atoms. The average molecular weight is 206 g/mol. The molecule has 0 aromatic carbocycles. The fourth-order valence-corrected chi connectivity index (χ4v) is 2.85. The first-order valence-electron chi connectivity index (χ1n) is 4.10. The van der Waals surface area contributed by atoms with E-state index in [0.29, 0.717) is 19.4 Å². The lowest BCUT2D eigenvalue weighted by molar-refractivity contribution is -0.132. The molecule has 2 fully saturated rings. The Bertz CT molecular complexity index is 336. The van der Waals surface area contributed by atoms with Crippen LogP contribution in [-0.2, 0) is 19.6 Å². The molecule has 2 rings (SSSR count). The van der Waals surface area contributed by atoms with Crippen LogP contribution in [0.5, 0.6) is 0 Å². The summed E-state index contributed by atoms with van der Waals surface area (Å²) in [6.07, 6.45) is 1.66. The van der Waals surface area contributed by atoms with Gasteiger partial charge in [-0.3, -0.25) is 9.35 Å². The molecule has 1 saturated carbocycles. The van der Waals surface area contributed by atoms with E-state index in [1.165, 1.54) is 0 Å². The van der Waals surface area contributed by atoms with Crippen LogP contribution in [0.1, 0.15) is 19.3 Å². The van der Waals surface area contributed by atoms with Gasteiger partial charge in [-0.15, -0.1) is 0 Å². The molecule has 5 nitrogen and oxygen atoms in total. The summed E-state index contributed by atoms with van der Waals surface area (Å²) >= 11 is 0. The maximum absolute atomic E-state index is 11.3. The summed E-state index contributed by atoms with van der Waals surface area (Å²) in [7, 11) is -4.59. The van der Waals surface area contributed by atoms with Crippen molar-refractivity contribution in [2.45, 2.75) is 24.9 Å². The van der Waals surface area contributed by atoms with Gasteiger partial charge in [-0.1, -0.05) is 0 Å². The zero-order valence-electron chi connectivity index (χ0n) is 6.89. The van der Waals surface area contributed by atoms with Crippen molar-refractivity contribution in [3.8, 4) is 0 Å². The van der Waals surface area contributed by atoms with Gasteiger partial charge in [0.25, 0.3) is 0 Å². The smallest absolute Gasteiger partial charge is 0.331 e. The van der Waals surface area contributed by atoms with Gasteiger partial charge in [-0.25, -0.2) is 0 Å². The van der Waals surface area contributed by atoms with Crippen molar-refractivity contribution in [3.05, 3.63) is 0 Å². The van der Waals surface area contributed by atoms with Crippen molar-refractivity contribution in [1.82, 2.24) is 0 Å². The summed E-state index contributed by atoms with van der Waals surface area (Å²) < 4.78 is 35.0. The van der Waals surface area contributed by atoms with Crippen LogP contribution < -0.4 is 0 Å². The standard InChI is InChI=1S/C7H10O5S/c8-6(13(9,10)11)7-2-1-5(3-7)4-12-7/h5H,1-4H2,(H,9,10,11). The Morgan fingerprint density at radius 3 is 2.54 bits per heavy atom. The molecule has 2 unspecified atom stereocenters. The van der Waals surface area contributed by atoms with Crippen LogP contribution in [0.4, 0.5) is 0 Å². The lowest BCUT2D eigenvalue weighted by Crippen LogP contribution is -2.41. The largest absolute Gasteiger partial charge is 0.366 e. The Morgan fingerprint density at radius 2 is 2.23 bits per heavy atom. The van der Waals surface area contributed by atoms with Crippen LogP contribution in [0, 0.1) is 5.92 Å². The summed E-state index contributed by atoms with van der Waals surface area (Å²) in [5.74, 6) is 0.283. The molecule has 1 N–H and O–H groups in total. The minimum Gasteiger partial charge on any atom is -0.366 e. The number of rotatable bonds is 1. The van der Waals surface area contributed by atoms with Gasteiger partial charge >= 0.3 is 15.2 Å². The Balaban J connectivity index is 2.31. The van der Waals surface area contributed by atoms with Crippen molar-refractivity contribution >= 4 is 15.2 Å². The normalized spacial score (nSPS) is 38.1. The van der Waals surface area contributed by atoms with Gasteiger partial charge in [0.1, 0.15) is 5.60 Å². The average Bonchev–Trinajstić information content (AvgIpc) is 2.60. The monoisotopic (exact) mass is 206 g/mol. The molecule has 6 heteroatoms. The van der Waals surface area contributed by atoms with Crippen LogP contribution in [0.25, 0.3) is 0 Å². The molecule has 74 valence electrons. The predicted octanol–water partition coefficient (Wildman–Crippen LogP) is -0.0301.